The van der Waals surface area contributed by atoms with E-state index in [0.29, 0.717) is 12.2 Å². The summed E-state index contributed by atoms with van der Waals surface area (Å²) in [4.78, 5) is 0. The van der Waals surface area contributed by atoms with Crippen molar-refractivity contribution in [3.05, 3.63) is 0 Å². The zero-order chi connectivity index (χ0) is 19.7. The van der Waals surface area contributed by atoms with Crippen LogP contribution in [0.4, 0.5) is 0 Å². The summed E-state index contributed by atoms with van der Waals surface area (Å²) in [5.41, 5.74) is 0. The molecule has 0 N–H and O–H groups in total. The highest BCUT2D eigenvalue weighted by Gasteiger charge is 2.28. The fourth-order valence-corrected chi connectivity index (χ4v) is 6.79. The van der Waals surface area contributed by atoms with Crippen LogP contribution in [0, 0.1) is 23.7 Å². The lowest BCUT2D eigenvalue weighted by Gasteiger charge is -2.35. The van der Waals surface area contributed by atoms with E-state index < -0.39 is 0 Å². The van der Waals surface area contributed by atoms with Gasteiger partial charge in [0.25, 0.3) is 0 Å². The standard InChI is InChI=1S/C27H48O2/c1-3-7-24(8-4-1)20-28-26-15-11-22(12-16-26)19-23-13-17-27(18-14-23)29-21-25-9-5-2-6-10-25/h22-27H,1-21H2. The molecule has 0 aromatic carbocycles. The van der Waals surface area contributed by atoms with E-state index in [1.54, 1.807) is 0 Å². The van der Waals surface area contributed by atoms with Gasteiger partial charge >= 0.3 is 0 Å². The van der Waals surface area contributed by atoms with Crippen LogP contribution in [0.5, 0.6) is 0 Å². The molecule has 4 aliphatic rings. The van der Waals surface area contributed by atoms with Crippen molar-refractivity contribution in [3.8, 4) is 0 Å². The van der Waals surface area contributed by atoms with Crippen LogP contribution < -0.4 is 0 Å². The van der Waals surface area contributed by atoms with Crippen molar-refractivity contribution in [1.82, 2.24) is 0 Å². The number of rotatable bonds is 8. The van der Waals surface area contributed by atoms with Crippen LogP contribution in [0.15, 0.2) is 0 Å². The minimum atomic E-state index is 0.581. The maximum atomic E-state index is 6.34. The number of ether oxygens (including phenoxy) is 2. The van der Waals surface area contributed by atoms with Gasteiger partial charge in [0.05, 0.1) is 12.2 Å². The molecule has 2 nitrogen and oxygen atoms in total. The largest absolute Gasteiger partial charge is 0.378 e. The molecule has 0 spiro atoms. The molecule has 4 saturated carbocycles. The third kappa shape index (κ3) is 7.53. The van der Waals surface area contributed by atoms with E-state index in [9.17, 15) is 0 Å². The van der Waals surface area contributed by atoms with E-state index in [4.69, 9.17) is 9.47 Å². The zero-order valence-corrected chi connectivity index (χ0v) is 19.1. The molecular weight excluding hydrogens is 356 g/mol. The second-order valence-corrected chi connectivity index (χ2v) is 11.2. The normalized spacial score (nSPS) is 35.6. The highest BCUT2D eigenvalue weighted by molar-refractivity contribution is 4.80. The Bertz CT molecular complexity index is 382. The van der Waals surface area contributed by atoms with Crippen LogP contribution in [0.1, 0.15) is 122 Å². The first-order chi connectivity index (χ1) is 14.3. The van der Waals surface area contributed by atoms with Gasteiger partial charge in [-0.3, -0.25) is 0 Å². The number of hydrogen-bond donors (Lipinski definition) is 0. The second-order valence-electron chi connectivity index (χ2n) is 11.2. The van der Waals surface area contributed by atoms with E-state index in [-0.39, 0.29) is 0 Å². The molecule has 4 fully saturated rings. The maximum absolute atomic E-state index is 6.34. The first-order valence-electron chi connectivity index (χ1n) is 13.6. The fourth-order valence-electron chi connectivity index (χ4n) is 6.79. The van der Waals surface area contributed by atoms with E-state index in [1.807, 2.05) is 0 Å². The maximum Gasteiger partial charge on any atom is 0.0575 e. The third-order valence-corrected chi connectivity index (χ3v) is 8.84. The van der Waals surface area contributed by atoms with E-state index in [1.165, 1.54) is 122 Å². The van der Waals surface area contributed by atoms with E-state index in [0.717, 1.165) is 36.9 Å². The Morgan fingerprint density at radius 2 is 0.759 bits per heavy atom. The lowest BCUT2D eigenvalue weighted by molar-refractivity contribution is -0.0172. The Balaban J connectivity index is 1.05. The SMILES string of the molecule is C1CCC(COC2CCC(CC3CCC(OCC4CCCCC4)CC3)CC2)CC1. The van der Waals surface area contributed by atoms with Gasteiger partial charge < -0.3 is 9.47 Å². The van der Waals surface area contributed by atoms with Crippen LogP contribution in [-0.4, -0.2) is 25.4 Å². The summed E-state index contributed by atoms with van der Waals surface area (Å²) in [6.07, 6.45) is 28.0. The predicted octanol–water partition coefficient (Wildman–Crippen LogP) is 7.69. The van der Waals surface area contributed by atoms with Gasteiger partial charge in [-0.1, -0.05) is 38.5 Å². The van der Waals surface area contributed by atoms with Crippen molar-refractivity contribution in [3.63, 3.8) is 0 Å². The summed E-state index contributed by atoms with van der Waals surface area (Å²) >= 11 is 0. The molecular formula is C27H48O2. The molecule has 0 unspecified atom stereocenters. The van der Waals surface area contributed by atoms with Crippen molar-refractivity contribution < 1.29 is 9.47 Å². The first kappa shape index (κ1) is 22.1. The summed E-state index contributed by atoms with van der Waals surface area (Å²) in [6.45, 7) is 2.11. The average Bonchev–Trinajstić information content (AvgIpc) is 2.80. The minimum absolute atomic E-state index is 0.581. The molecule has 4 rings (SSSR count). The molecule has 0 bridgehead atoms. The Hall–Kier alpha value is -0.0800. The fraction of sp³-hybridized carbons (Fsp3) is 1.00. The quantitative estimate of drug-likeness (QED) is 0.413. The summed E-state index contributed by atoms with van der Waals surface area (Å²) in [5.74, 6) is 3.71. The predicted molar refractivity (Wildman–Crippen MR) is 121 cm³/mol. The summed E-state index contributed by atoms with van der Waals surface area (Å²) in [7, 11) is 0. The lowest BCUT2D eigenvalue weighted by Crippen LogP contribution is -2.28. The van der Waals surface area contributed by atoms with Crippen molar-refractivity contribution in [2.45, 2.75) is 134 Å². The van der Waals surface area contributed by atoms with Crippen LogP contribution in [0.3, 0.4) is 0 Å². The van der Waals surface area contributed by atoms with Gasteiger partial charge in [0, 0.05) is 13.2 Å². The minimum Gasteiger partial charge on any atom is -0.378 e. The van der Waals surface area contributed by atoms with Crippen LogP contribution >= 0.6 is 0 Å². The smallest absolute Gasteiger partial charge is 0.0575 e. The van der Waals surface area contributed by atoms with Gasteiger partial charge in [0.2, 0.25) is 0 Å². The molecule has 0 saturated heterocycles. The van der Waals surface area contributed by atoms with Crippen molar-refractivity contribution >= 4 is 0 Å². The number of hydrogen-bond acceptors (Lipinski definition) is 2. The van der Waals surface area contributed by atoms with E-state index in [2.05, 4.69) is 0 Å². The van der Waals surface area contributed by atoms with Crippen LogP contribution in [0.2, 0.25) is 0 Å². The molecule has 2 heteroatoms. The molecule has 0 atom stereocenters. The van der Waals surface area contributed by atoms with E-state index >= 15 is 0 Å². The molecule has 168 valence electrons. The highest BCUT2D eigenvalue weighted by atomic mass is 16.5. The Morgan fingerprint density at radius 3 is 1.14 bits per heavy atom. The second kappa shape index (κ2) is 12.1. The average molecular weight is 405 g/mol. The topological polar surface area (TPSA) is 18.5 Å². The molecule has 0 heterocycles. The third-order valence-electron chi connectivity index (χ3n) is 8.84. The van der Waals surface area contributed by atoms with Crippen molar-refractivity contribution in [1.29, 1.82) is 0 Å². The van der Waals surface area contributed by atoms with Crippen LogP contribution in [-0.2, 0) is 9.47 Å². The molecule has 4 aliphatic carbocycles. The first-order valence-corrected chi connectivity index (χ1v) is 13.6. The summed E-state index contributed by atoms with van der Waals surface area (Å²) in [6, 6.07) is 0. The Morgan fingerprint density at radius 1 is 0.379 bits per heavy atom. The van der Waals surface area contributed by atoms with Crippen LogP contribution in [0.25, 0.3) is 0 Å². The summed E-state index contributed by atoms with van der Waals surface area (Å²) < 4.78 is 12.7. The van der Waals surface area contributed by atoms with Gasteiger partial charge in [-0.05, 0) is 107 Å². The molecule has 29 heavy (non-hydrogen) atoms. The monoisotopic (exact) mass is 404 g/mol. The lowest BCUT2D eigenvalue weighted by atomic mass is 9.76. The van der Waals surface area contributed by atoms with Gasteiger partial charge in [0.15, 0.2) is 0 Å². The Labute approximate surface area is 180 Å². The molecule has 0 aromatic rings. The summed E-state index contributed by atoms with van der Waals surface area (Å²) in [5, 5.41) is 0. The molecule has 0 amide bonds. The molecule has 0 aromatic heterocycles. The Kier molecular flexibility index (Phi) is 9.22. The van der Waals surface area contributed by atoms with Gasteiger partial charge in [0.1, 0.15) is 0 Å². The van der Waals surface area contributed by atoms with Crippen molar-refractivity contribution in [2.24, 2.45) is 23.7 Å². The van der Waals surface area contributed by atoms with Gasteiger partial charge in [-0.15, -0.1) is 0 Å². The van der Waals surface area contributed by atoms with Crippen molar-refractivity contribution in [2.75, 3.05) is 13.2 Å². The highest BCUT2D eigenvalue weighted by Crippen LogP contribution is 2.37. The zero-order valence-electron chi connectivity index (χ0n) is 19.1. The van der Waals surface area contributed by atoms with Gasteiger partial charge in [-0.25, -0.2) is 0 Å². The molecule has 0 aliphatic heterocycles. The van der Waals surface area contributed by atoms with Gasteiger partial charge in [-0.2, -0.15) is 0 Å². The molecule has 0 radical (unpaired) electrons.